The van der Waals surface area contributed by atoms with Crippen LogP contribution in [-0.2, 0) is 14.6 Å². The number of benzene rings is 1. The molecule has 0 unspecified atom stereocenters. The molecule has 0 fully saturated rings. The van der Waals surface area contributed by atoms with Gasteiger partial charge >= 0.3 is 5.97 Å². The number of hydrogen-bond acceptors (Lipinski definition) is 4. The summed E-state index contributed by atoms with van der Waals surface area (Å²) in [5.74, 6) is -0.532. The van der Waals surface area contributed by atoms with Crippen LogP contribution >= 0.6 is 11.6 Å². The number of rotatable bonds is 3. The molecule has 1 rings (SSSR count). The van der Waals surface area contributed by atoms with E-state index in [0.29, 0.717) is 10.6 Å². The van der Waals surface area contributed by atoms with E-state index in [1.807, 2.05) is 0 Å². The monoisotopic (exact) mass is 276 g/mol. The Hall–Kier alpha value is -1.07. The average molecular weight is 277 g/mol. The van der Waals surface area contributed by atoms with Gasteiger partial charge in [0.1, 0.15) is 5.75 Å². The van der Waals surface area contributed by atoms with Crippen molar-refractivity contribution in [1.82, 2.24) is 0 Å². The number of aryl methyl sites for hydroxylation is 1. The normalized spacial score (nSPS) is 13.2. The zero-order chi connectivity index (χ0) is 13.2. The largest absolute Gasteiger partial charge is 0.425 e. The van der Waals surface area contributed by atoms with Crippen LogP contribution in [0.4, 0.5) is 0 Å². The first-order valence-corrected chi connectivity index (χ1v) is 7.22. The Morgan fingerprint density at radius 1 is 1.41 bits per heavy atom. The minimum Gasteiger partial charge on any atom is -0.425 e. The Kier molecular flexibility index (Phi) is 4.16. The molecule has 0 aromatic heterocycles. The van der Waals surface area contributed by atoms with Crippen molar-refractivity contribution in [2.75, 3.05) is 6.26 Å². The third-order valence-corrected chi connectivity index (χ3v) is 4.05. The third kappa shape index (κ3) is 3.71. The predicted molar refractivity (Wildman–Crippen MR) is 66.1 cm³/mol. The number of hydrogen-bond donors (Lipinski definition) is 0. The van der Waals surface area contributed by atoms with Crippen molar-refractivity contribution >= 4 is 27.4 Å². The van der Waals surface area contributed by atoms with Crippen molar-refractivity contribution in [2.24, 2.45) is 0 Å². The summed E-state index contributed by atoms with van der Waals surface area (Å²) in [6.07, 6.45) is 0.990. The smallest absolute Gasteiger partial charge is 0.329 e. The SMILES string of the molecule is Cc1ccc(Cl)cc1OC(=O)[C@H](C)S(C)(=O)=O. The lowest BCUT2D eigenvalue weighted by Gasteiger charge is -2.11. The van der Waals surface area contributed by atoms with E-state index < -0.39 is 21.1 Å². The molecule has 0 heterocycles. The molecule has 0 saturated heterocycles. The predicted octanol–water partition coefficient (Wildman–Crippen LogP) is 1.99. The summed E-state index contributed by atoms with van der Waals surface area (Å²) in [4.78, 5) is 11.6. The summed E-state index contributed by atoms with van der Waals surface area (Å²) >= 11 is 5.76. The molecule has 94 valence electrons. The highest BCUT2D eigenvalue weighted by atomic mass is 35.5. The van der Waals surface area contributed by atoms with Gasteiger partial charge in [-0.15, -0.1) is 0 Å². The molecule has 0 bridgehead atoms. The summed E-state index contributed by atoms with van der Waals surface area (Å²) in [5, 5.41) is -0.772. The van der Waals surface area contributed by atoms with Gasteiger partial charge in [-0.05, 0) is 31.5 Å². The number of carbonyl (C=O) groups is 1. The second-order valence-electron chi connectivity index (χ2n) is 3.80. The van der Waals surface area contributed by atoms with Crippen molar-refractivity contribution in [3.05, 3.63) is 28.8 Å². The minimum absolute atomic E-state index is 0.276. The van der Waals surface area contributed by atoms with Crippen LogP contribution < -0.4 is 4.74 Å². The summed E-state index contributed by atoms with van der Waals surface area (Å²) in [6, 6.07) is 4.83. The quantitative estimate of drug-likeness (QED) is 0.626. The first-order chi connectivity index (χ1) is 7.71. The third-order valence-electron chi connectivity index (χ3n) is 2.33. The first-order valence-electron chi connectivity index (χ1n) is 4.88. The zero-order valence-electron chi connectivity index (χ0n) is 9.73. The van der Waals surface area contributed by atoms with E-state index in [1.165, 1.54) is 13.0 Å². The summed E-state index contributed by atoms with van der Waals surface area (Å²) < 4.78 is 27.4. The van der Waals surface area contributed by atoms with Crippen LogP contribution in [0.3, 0.4) is 0 Å². The van der Waals surface area contributed by atoms with E-state index in [1.54, 1.807) is 19.1 Å². The molecule has 17 heavy (non-hydrogen) atoms. The van der Waals surface area contributed by atoms with Gasteiger partial charge in [0, 0.05) is 11.3 Å². The van der Waals surface area contributed by atoms with Gasteiger partial charge in [0.05, 0.1) is 0 Å². The van der Waals surface area contributed by atoms with Gasteiger partial charge in [-0.3, -0.25) is 4.79 Å². The van der Waals surface area contributed by atoms with Gasteiger partial charge in [0.2, 0.25) is 0 Å². The first kappa shape index (κ1) is 14.0. The lowest BCUT2D eigenvalue weighted by atomic mass is 10.2. The van der Waals surface area contributed by atoms with Gasteiger partial charge in [-0.2, -0.15) is 0 Å². The molecule has 0 aliphatic rings. The molecule has 0 radical (unpaired) electrons. The van der Waals surface area contributed by atoms with E-state index in [0.717, 1.165) is 6.26 Å². The Labute approximate surface area is 105 Å². The topological polar surface area (TPSA) is 60.4 Å². The van der Waals surface area contributed by atoms with Gasteiger partial charge in [0.25, 0.3) is 0 Å². The van der Waals surface area contributed by atoms with Crippen LogP contribution in [0.5, 0.6) is 5.75 Å². The fraction of sp³-hybridized carbons (Fsp3) is 0.364. The van der Waals surface area contributed by atoms with Gasteiger partial charge in [0.15, 0.2) is 15.1 Å². The molecule has 4 nitrogen and oxygen atoms in total. The Balaban J connectivity index is 2.92. The summed E-state index contributed by atoms with van der Waals surface area (Å²) in [7, 11) is -3.45. The van der Waals surface area contributed by atoms with Crippen LogP contribution in [0.2, 0.25) is 5.02 Å². The molecule has 0 aliphatic carbocycles. The maximum Gasteiger partial charge on any atom is 0.329 e. The van der Waals surface area contributed by atoms with Crippen LogP contribution in [0, 0.1) is 6.92 Å². The Morgan fingerprint density at radius 2 is 2.00 bits per heavy atom. The molecule has 0 aliphatic heterocycles. The maximum atomic E-state index is 11.6. The molecule has 6 heteroatoms. The fourth-order valence-electron chi connectivity index (χ4n) is 1.05. The van der Waals surface area contributed by atoms with Crippen molar-refractivity contribution in [3.63, 3.8) is 0 Å². The van der Waals surface area contributed by atoms with Crippen molar-refractivity contribution in [2.45, 2.75) is 19.1 Å². The molecule has 0 spiro atoms. The van der Waals surface area contributed by atoms with E-state index >= 15 is 0 Å². The van der Waals surface area contributed by atoms with Crippen molar-refractivity contribution < 1.29 is 17.9 Å². The highest BCUT2D eigenvalue weighted by Gasteiger charge is 2.26. The second kappa shape index (κ2) is 5.06. The van der Waals surface area contributed by atoms with Gasteiger partial charge in [-0.1, -0.05) is 17.7 Å². The number of esters is 1. The number of halogens is 1. The standard InChI is InChI=1S/C11H13ClO4S/c1-7-4-5-9(12)6-10(7)16-11(13)8(2)17(3,14)15/h4-6,8H,1-3H3/t8-/m0/s1. The van der Waals surface area contributed by atoms with E-state index in [-0.39, 0.29) is 5.75 Å². The molecular formula is C11H13ClO4S. The number of carbonyl (C=O) groups excluding carboxylic acids is 1. The second-order valence-corrected chi connectivity index (χ2v) is 6.61. The summed E-state index contributed by atoms with van der Waals surface area (Å²) in [5.41, 5.74) is 0.712. The van der Waals surface area contributed by atoms with Gasteiger partial charge in [-0.25, -0.2) is 8.42 Å². The Bertz CT molecular complexity index is 536. The minimum atomic E-state index is -3.45. The highest BCUT2D eigenvalue weighted by molar-refractivity contribution is 7.92. The van der Waals surface area contributed by atoms with E-state index in [4.69, 9.17) is 16.3 Å². The molecule has 0 amide bonds. The Morgan fingerprint density at radius 3 is 2.53 bits per heavy atom. The van der Waals surface area contributed by atoms with Gasteiger partial charge < -0.3 is 4.74 Å². The number of ether oxygens (including phenoxy) is 1. The summed E-state index contributed by atoms with van der Waals surface area (Å²) in [6.45, 7) is 3.03. The van der Waals surface area contributed by atoms with Crippen molar-refractivity contribution in [1.29, 1.82) is 0 Å². The number of sulfone groups is 1. The molecule has 1 aromatic carbocycles. The van der Waals surface area contributed by atoms with Crippen molar-refractivity contribution in [3.8, 4) is 5.75 Å². The highest BCUT2D eigenvalue weighted by Crippen LogP contribution is 2.23. The van der Waals surface area contributed by atoms with Crippen LogP contribution in [0.15, 0.2) is 18.2 Å². The fourth-order valence-corrected chi connectivity index (χ4v) is 1.61. The van der Waals surface area contributed by atoms with Crippen LogP contribution in [0.25, 0.3) is 0 Å². The van der Waals surface area contributed by atoms with Crippen LogP contribution in [-0.4, -0.2) is 25.9 Å². The molecule has 1 atom stereocenters. The average Bonchev–Trinajstić information content (AvgIpc) is 2.21. The lowest BCUT2D eigenvalue weighted by Crippen LogP contribution is -2.30. The van der Waals surface area contributed by atoms with E-state index in [2.05, 4.69) is 0 Å². The van der Waals surface area contributed by atoms with E-state index in [9.17, 15) is 13.2 Å². The molecule has 0 saturated carbocycles. The molecular weight excluding hydrogens is 264 g/mol. The zero-order valence-corrected chi connectivity index (χ0v) is 11.3. The molecule has 0 N–H and O–H groups in total. The maximum absolute atomic E-state index is 11.6. The van der Waals surface area contributed by atoms with Crippen LogP contribution in [0.1, 0.15) is 12.5 Å². The lowest BCUT2D eigenvalue weighted by molar-refractivity contribution is -0.133. The molecule has 1 aromatic rings.